The van der Waals surface area contributed by atoms with E-state index >= 15 is 0 Å². The highest BCUT2D eigenvalue weighted by atomic mass is 79.9. The van der Waals surface area contributed by atoms with Crippen LogP contribution in [0.3, 0.4) is 0 Å². The minimum atomic E-state index is 0.919. The maximum Gasteiger partial charge on any atom is 0.119 e. The van der Waals surface area contributed by atoms with E-state index in [4.69, 9.17) is 4.74 Å². The molecule has 0 aliphatic heterocycles. The van der Waals surface area contributed by atoms with E-state index in [1.165, 1.54) is 16.5 Å². The fourth-order valence-electron chi connectivity index (χ4n) is 1.75. The van der Waals surface area contributed by atoms with E-state index in [1.807, 2.05) is 6.07 Å². The third kappa shape index (κ3) is 2.17. The third-order valence-corrected chi connectivity index (χ3v) is 3.12. The highest BCUT2D eigenvalue weighted by molar-refractivity contribution is 9.09. The van der Waals surface area contributed by atoms with Gasteiger partial charge in [-0.3, -0.25) is 0 Å². The fraction of sp³-hybridized carbons (Fsp3) is 0.333. The molecule has 2 aromatic rings. The molecule has 0 bridgehead atoms. The monoisotopic (exact) mass is 267 g/mol. The largest absolute Gasteiger partial charge is 0.497 e. The number of aryl methyl sites for hydroxylation is 1. The minimum Gasteiger partial charge on any atom is -0.497 e. The van der Waals surface area contributed by atoms with Crippen LogP contribution in [0.1, 0.15) is 12.0 Å². The number of nitrogens with one attached hydrogen (secondary N) is 1. The molecular formula is C12H14BrNO. The van der Waals surface area contributed by atoms with Crippen molar-refractivity contribution in [3.63, 3.8) is 0 Å². The van der Waals surface area contributed by atoms with Gasteiger partial charge in [-0.25, -0.2) is 0 Å². The van der Waals surface area contributed by atoms with Gasteiger partial charge in [0.2, 0.25) is 0 Å². The molecule has 80 valence electrons. The van der Waals surface area contributed by atoms with Gasteiger partial charge in [0, 0.05) is 22.4 Å². The second kappa shape index (κ2) is 4.71. The van der Waals surface area contributed by atoms with Gasteiger partial charge in [-0.1, -0.05) is 15.9 Å². The fourth-order valence-corrected chi connectivity index (χ4v) is 2.03. The van der Waals surface area contributed by atoms with Crippen molar-refractivity contribution in [3.8, 4) is 5.75 Å². The zero-order chi connectivity index (χ0) is 10.7. The van der Waals surface area contributed by atoms with Gasteiger partial charge in [-0.15, -0.1) is 0 Å². The molecule has 0 radical (unpaired) electrons. The number of aromatic amines is 1. The van der Waals surface area contributed by atoms with Crippen molar-refractivity contribution >= 4 is 26.8 Å². The normalized spacial score (nSPS) is 10.8. The van der Waals surface area contributed by atoms with Crippen LogP contribution in [-0.4, -0.2) is 17.4 Å². The van der Waals surface area contributed by atoms with Crippen LogP contribution < -0.4 is 4.74 Å². The molecule has 0 fully saturated rings. The van der Waals surface area contributed by atoms with Crippen molar-refractivity contribution in [2.45, 2.75) is 12.8 Å². The summed E-state index contributed by atoms with van der Waals surface area (Å²) in [5, 5.41) is 2.32. The van der Waals surface area contributed by atoms with Crippen molar-refractivity contribution in [1.82, 2.24) is 4.98 Å². The van der Waals surface area contributed by atoms with Crippen molar-refractivity contribution in [2.24, 2.45) is 0 Å². The van der Waals surface area contributed by atoms with Crippen molar-refractivity contribution in [2.75, 3.05) is 12.4 Å². The topological polar surface area (TPSA) is 25.0 Å². The average molecular weight is 268 g/mol. The van der Waals surface area contributed by atoms with Gasteiger partial charge in [0.05, 0.1) is 7.11 Å². The number of aromatic nitrogens is 1. The van der Waals surface area contributed by atoms with Gasteiger partial charge in [0.15, 0.2) is 0 Å². The Balaban J connectivity index is 2.38. The summed E-state index contributed by atoms with van der Waals surface area (Å²) in [4.78, 5) is 3.28. The number of H-pyrrole nitrogens is 1. The van der Waals surface area contributed by atoms with Gasteiger partial charge in [-0.2, -0.15) is 0 Å². The van der Waals surface area contributed by atoms with Gasteiger partial charge < -0.3 is 9.72 Å². The molecule has 1 aromatic heterocycles. The number of hydrogen-bond donors (Lipinski definition) is 1. The lowest BCUT2D eigenvalue weighted by molar-refractivity contribution is 0.415. The van der Waals surface area contributed by atoms with E-state index in [2.05, 4.69) is 39.2 Å². The number of benzene rings is 1. The van der Waals surface area contributed by atoms with Crippen LogP contribution >= 0.6 is 15.9 Å². The first-order chi connectivity index (χ1) is 7.35. The predicted octanol–water partition coefficient (Wildman–Crippen LogP) is 3.50. The Morgan fingerprint density at radius 1 is 1.40 bits per heavy atom. The smallest absolute Gasteiger partial charge is 0.119 e. The van der Waals surface area contributed by atoms with Gasteiger partial charge in [-0.05, 0) is 36.6 Å². The second-order valence-corrected chi connectivity index (χ2v) is 4.31. The quantitative estimate of drug-likeness (QED) is 0.843. The third-order valence-electron chi connectivity index (χ3n) is 2.55. The van der Waals surface area contributed by atoms with E-state index in [-0.39, 0.29) is 0 Å². The Kier molecular flexibility index (Phi) is 3.31. The molecule has 0 aliphatic rings. The first kappa shape index (κ1) is 10.6. The van der Waals surface area contributed by atoms with E-state index < -0.39 is 0 Å². The predicted molar refractivity (Wildman–Crippen MR) is 67.0 cm³/mol. The highest BCUT2D eigenvalue weighted by Crippen LogP contribution is 2.24. The van der Waals surface area contributed by atoms with Gasteiger partial charge >= 0.3 is 0 Å². The number of alkyl halides is 1. The minimum absolute atomic E-state index is 0.919. The Labute approximate surface area is 97.8 Å². The molecule has 0 aliphatic carbocycles. The van der Waals surface area contributed by atoms with Crippen LogP contribution in [0.4, 0.5) is 0 Å². The highest BCUT2D eigenvalue weighted by Gasteiger charge is 2.04. The molecule has 1 aromatic carbocycles. The van der Waals surface area contributed by atoms with E-state index in [1.54, 1.807) is 7.11 Å². The first-order valence-corrected chi connectivity index (χ1v) is 6.17. The van der Waals surface area contributed by atoms with Crippen LogP contribution in [0.5, 0.6) is 5.75 Å². The van der Waals surface area contributed by atoms with Crippen LogP contribution in [0.25, 0.3) is 10.9 Å². The Morgan fingerprint density at radius 2 is 2.27 bits per heavy atom. The molecular weight excluding hydrogens is 254 g/mol. The number of halogens is 1. The summed E-state index contributed by atoms with van der Waals surface area (Å²) in [6.07, 6.45) is 4.34. The lowest BCUT2D eigenvalue weighted by Crippen LogP contribution is -1.85. The summed E-state index contributed by atoms with van der Waals surface area (Å²) in [5.41, 5.74) is 2.55. The molecule has 0 saturated heterocycles. The van der Waals surface area contributed by atoms with Crippen molar-refractivity contribution in [3.05, 3.63) is 30.0 Å². The molecule has 0 spiro atoms. The molecule has 0 atom stereocenters. The van der Waals surface area contributed by atoms with Crippen LogP contribution in [0.15, 0.2) is 24.4 Å². The summed E-state index contributed by atoms with van der Waals surface area (Å²) in [5.74, 6) is 0.919. The number of rotatable bonds is 4. The standard InChI is InChI=1S/C12H14BrNO/c1-15-10-4-5-12-11(7-10)9(8-14-12)3-2-6-13/h4-5,7-8,14H,2-3,6H2,1H3. The zero-order valence-electron chi connectivity index (χ0n) is 8.72. The molecule has 2 nitrogen and oxygen atoms in total. The van der Waals surface area contributed by atoms with Gasteiger partial charge in [0.25, 0.3) is 0 Å². The molecule has 2 rings (SSSR count). The zero-order valence-corrected chi connectivity index (χ0v) is 10.3. The summed E-state index contributed by atoms with van der Waals surface area (Å²) >= 11 is 3.45. The van der Waals surface area contributed by atoms with E-state index in [9.17, 15) is 0 Å². The number of methoxy groups -OCH3 is 1. The van der Waals surface area contributed by atoms with Gasteiger partial charge in [0.1, 0.15) is 5.75 Å². The molecule has 3 heteroatoms. The lowest BCUT2D eigenvalue weighted by atomic mass is 10.1. The molecule has 0 unspecified atom stereocenters. The van der Waals surface area contributed by atoms with Crippen molar-refractivity contribution in [1.29, 1.82) is 0 Å². The summed E-state index contributed by atoms with van der Waals surface area (Å²) in [6.45, 7) is 0. The van der Waals surface area contributed by atoms with E-state index in [0.29, 0.717) is 0 Å². The maximum absolute atomic E-state index is 5.23. The van der Waals surface area contributed by atoms with Crippen molar-refractivity contribution < 1.29 is 4.74 Å². The van der Waals surface area contributed by atoms with E-state index in [0.717, 1.165) is 23.9 Å². The van der Waals surface area contributed by atoms with Crippen LogP contribution in [0, 0.1) is 0 Å². The second-order valence-electron chi connectivity index (χ2n) is 3.52. The molecule has 1 heterocycles. The Morgan fingerprint density at radius 3 is 3.00 bits per heavy atom. The Hall–Kier alpha value is -0.960. The maximum atomic E-state index is 5.23. The van der Waals surface area contributed by atoms with Crippen LogP contribution in [0.2, 0.25) is 0 Å². The number of ether oxygens (including phenoxy) is 1. The SMILES string of the molecule is COc1ccc2[nH]cc(CCCBr)c2c1. The summed E-state index contributed by atoms with van der Waals surface area (Å²) < 4.78 is 5.23. The number of fused-ring (bicyclic) bond motifs is 1. The summed E-state index contributed by atoms with van der Waals surface area (Å²) in [7, 11) is 1.70. The number of hydrogen-bond acceptors (Lipinski definition) is 1. The molecule has 0 amide bonds. The summed E-state index contributed by atoms with van der Waals surface area (Å²) in [6, 6.07) is 6.13. The Bertz CT molecular complexity index is 450. The lowest BCUT2D eigenvalue weighted by Gasteiger charge is -2.01. The average Bonchev–Trinajstić information content (AvgIpc) is 2.68. The molecule has 0 saturated carbocycles. The first-order valence-electron chi connectivity index (χ1n) is 5.05. The van der Waals surface area contributed by atoms with Crippen LogP contribution in [-0.2, 0) is 6.42 Å². The molecule has 1 N–H and O–H groups in total. The molecule has 15 heavy (non-hydrogen) atoms.